The van der Waals surface area contributed by atoms with Crippen LogP contribution in [0.2, 0.25) is 0 Å². The Balaban J connectivity index is 1.89. The van der Waals surface area contributed by atoms with Gasteiger partial charge in [-0.05, 0) is 25.5 Å². The molecule has 0 bridgehead atoms. The summed E-state index contributed by atoms with van der Waals surface area (Å²) in [5.41, 5.74) is -0.549. The molecule has 1 aliphatic rings. The molecule has 1 aliphatic carbocycles. The topological polar surface area (TPSA) is 88.8 Å². The minimum absolute atomic E-state index is 0.112. The van der Waals surface area contributed by atoms with Crippen molar-refractivity contribution in [1.29, 1.82) is 0 Å². The van der Waals surface area contributed by atoms with E-state index in [1.807, 2.05) is 32.0 Å². The number of aryl methyl sites for hydroxylation is 1. The largest absolute Gasteiger partial charge is 0.479 e. The lowest BCUT2D eigenvalue weighted by atomic mass is 9.54. The summed E-state index contributed by atoms with van der Waals surface area (Å²) < 4.78 is 11.3. The summed E-state index contributed by atoms with van der Waals surface area (Å²) in [5, 5.41) is 13.3. The van der Waals surface area contributed by atoms with Crippen molar-refractivity contribution in [3.8, 4) is 0 Å². The van der Waals surface area contributed by atoms with Gasteiger partial charge in [0.25, 0.3) is 5.91 Å². The van der Waals surface area contributed by atoms with Crippen molar-refractivity contribution < 1.29 is 23.8 Å². The molecular formula is C19H23NO5. The van der Waals surface area contributed by atoms with Crippen molar-refractivity contribution in [1.82, 2.24) is 5.32 Å². The molecule has 6 nitrogen and oxygen atoms in total. The smallest absolute Gasteiger partial charge is 0.330 e. The number of fused-ring (bicyclic) bond motifs is 1. The van der Waals surface area contributed by atoms with Gasteiger partial charge in [-0.25, -0.2) is 4.79 Å². The molecule has 1 fully saturated rings. The lowest BCUT2D eigenvalue weighted by Gasteiger charge is -2.58. The van der Waals surface area contributed by atoms with Crippen molar-refractivity contribution in [3.05, 3.63) is 35.6 Å². The normalized spacial score (nSPS) is 24.7. The fourth-order valence-electron chi connectivity index (χ4n) is 3.61. The highest BCUT2D eigenvalue weighted by Gasteiger charge is 2.66. The number of ether oxygens (including phenoxy) is 1. The van der Waals surface area contributed by atoms with Crippen molar-refractivity contribution in [2.24, 2.45) is 5.41 Å². The van der Waals surface area contributed by atoms with Crippen molar-refractivity contribution in [2.45, 2.75) is 45.8 Å². The Morgan fingerprint density at radius 1 is 1.40 bits per heavy atom. The van der Waals surface area contributed by atoms with E-state index in [9.17, 15) is 14.7 Å². The van der Waals surface area contributed by atoms with E-state index in [1.165, 1.54) is 0 Å². The van der Waals surface area contributed by atoms with Gasteiger partial charge >= 0.3 is 5.97 Å². The average Bonchev–Trinajstić information content (AvgIpc) is 2.99. The summed E-state index contributed by atoms with van der Waals surface area (Å²) in [4.78, 5) is 24.6. The number of carboxylic acid groups (broad SMARTS) is 1. The summed E-state index contributed by atoms with van der Waals surface area (Å²) >= 11 is 0. The third kappa shape index (κ3) is 2.52. The second-order valence-corrected chi connectivity index (χ2v) is 7.14. The van der Waals surface area contributed by atoms with E-state index in [0.29, 0.717) is 12.2 Å². The molecule has 134 valence electrons. The third-order valence-electron chi connectivity index (χ3n) is 5.42. The zero-order valence-electron chi connectivity index (χ0n) is 14.9. The summed E-state index contributed by atoms with van der Waals surface area (Å²) in [6.45, 7) is 7.86. The fraction of sp³-hybridized carbons (Fsp3) is 0.474. The lowest BCUT2D eigenvalue weighted by Crippen LogP contribution is -2.76. The van der Waals surface area contributed by atoms with Gasteiger partial charge in [-0.3, -0.25) is 4.79 Å². The number of rotatable bonds is 5. The van der Waals surface area contributed by atoms with E-state index in [0.717, 1.165) is 10.9 Å². The molecule has 0 aliphatic heterocycles. The van der Waals surface area contributed by atoms with Crippen LogP contribution in [0.4, 0.5) is 0 Å². The van der Waals surface area contributed by atoms with Crippen LogP contribution in [0.1, 0.15) is 43.3 Å². The number of nitrogens with one attached hydrogen (secondary N) is 1. The highest BCUT2D eigenvalue weighted by atomic mass is 16.5. The number of carboxylic acids is 1. The molecule has 2 unspecified atom stereocenters. The van der Waals surface area contributed by atoms with Gasteiger partial charge in [-0.1, -0.05) is 32.0 Å². The van der Waals surface area contributed by atoms with Crippen LogP contribution < -0.4 is 5.32 Å². The number of para-hydroxylation sites is 1. The van der Waals surface area contributed by atoms with E-state index in [2.05, 4.69) is 5.32 Å². The Kier molecular flexibility index (Phi) is 4.11. The summed E-state index contributed by atoms with van der Waals surface area (Å²) in [5.74, 6) is -1.48. The van der Waals surface area contributed by atoms with Crippen LogP contribution in [0, 0.1) is 12.3 Å². The van der Waals surface area contributed by atoms with Gasteiger partial charge in [-0.15, -0.1) is 0 Å². The van der Waals surface area contributed by atoms with Gasteiger partial charge in [0.15, 0.2) is 5.76 Å². The number of carbonyl (C=O) groups is 2. The van der Waals surface area contributed by atoms with E-state index >= 15 is 0 Å². The number of furan rings is 1. The molecule has 25 heavy (non-hydrogen) atoms. The van der Waals surface area contributed by atoms with Crippen molar-refractivity contribution >= 4 is 22.8 Å². The van der Waals surface area contributed by atoms with Crippen LogP contribution in [0.25, 0.3) is 11.0 Å². The van der Waals surface area contributed by atoms with Crippen LogP contribution in [0.5, 0.6) is 0 Å². The summed E-state index contributed by atoms with van der Waals surface area (Å²) in [7, 11) is 0. The molecule has 0 spiro atoms. The average molecular weight is 345 g/mol. The number of hydrogen-bond donors (Lipinski definition) is 2. The van der Waals surface area contributed by atoms with E-state index in [4.69, 9.17) is 9.15 Å². The first-order valence-electron chi connectivity index (χ1n) is 8.39. The van der Waals surface area contributed by atoms with Crippen LogP contribution in [-0.4, -0.2) is 35.2 Å². The van der Waals surface area contributed by atoms with E-state index in [-0.39, 0.29) is 18.3 Å². The molecule has 1 aromatic carbocycles. The molecule has 0 radical (unpaired) electrons. The highest BCUT2D eigenvalue weighted by Crippen LogP contribution is 2.51. The second kappa shape index (κ2) is 5.88. The molecule has 2 N–H and O–H groups in total. The highest BCUT2D eigenvalue weighted by molar-refractivity contribution is 6.00. The summed E-state index contributed by atoms with van der Waals surface area (Å²) in [6, 6.07) is 7.27. The first-order valence-corrected chi connectivity index (χ1v) is 8.39. The van der Waals surface area contributed by atoms with Crippen LogP contribution in [-0.2, 0) is 9.53 Å². The maximum Gasteiger partial charge on any atom is 0.330 e. The van der Waals surface area contributed by atoms with Crippen LogP contribution in [0.15, 0.2) is 28.7 Å². The van der Waals surface area contributed by atoms with Gasteiger partial charge in [0.2, 0.25) is 0 Å². The van der Waals surface area contributed by atoms with E-state index in [1.54, 1.807) is 19.9 Å². The molecule has 2 aromatic rings. The monoisotopic (exact) mass is 345 g/mol. The Hall–Kier alpha value is -2.34. The molecule has 2 atom stereocenters. The second-order valence-electron chi connectivity index (χ2n) is 7.14. The zero-order valence-corrected chi connectivity index (χ0v) is 14.9. The maximum atomic E-state index is 12.7. The quantitative estimate of drug-likeness (QED) is 0.869. The third-order valence-corrected chi connectivity index (χ3v) is 5.42. The van der Waals surface area contributed by atoms with Gasteiger partial charge < -0.3 is 19.6 Å². The Bertz CT molecular complexity index is 837. The standard InChI is InChI=1S/C19H23NO5/c1-5-24-14-10-19(17(22)23,18(14,3)4)20-16(21)13-9-12-8-6-7-11(2)15(12)25-13/h6-9,14H,5,10H2,1-4H3,(H,20,21)(H,22,23). The molecule has 1 saturated carbocycles. The molecule has 0 saturated heterocycles. The number of benzene rings is 1. The molecule has 6 heteroatoms. The molecule has 1 amide bonds. The first kappa shape index (κ1) is 17.5. The van der Waals surface area contributed by atoms with Crippen LogP contribution in [0.3, 0.4) is 0 Å². The number of hydrogen-bond acceptors (Lipinski definition) is 4. The Morgan fingerprint density at radius 3 is 2.68 bits per heavy atom. The van der Waals surface area contributed by atoms with Crippen molar-refractivity contribution in [2.75, 3.05) is 6.61 Å². The van der Waals surface area contributed by atoms with Gasteiger partial charge in [-0.2, -0.15) is 0 Å². The zero-order chi connectivity index (χ0) is 18.4. The number of carbonyl (C=O) groups excluding carboxylic acids is 1. The molecular weight excluding hydrogens is 322 g/mol. The fourth-order valence-corrected chi connectivity index (χ4v) is 3.61. The molecule has 3 rings (SSSR count). The molecule has 1 heterocycles. The molecule has 1 aromatic heterocycles. The Morgan fingerprint density at radius 2 is 2.12 bits per heavy atom. The predicted octanol–water partition coefficient (Wildman–Crippen LogP) is 3.13. The minimum atomic E-state index is -1.38. The van der Waals surface area contributed by atoms with Gasteiger partial charge in [0.1, 0.15) is 11.1 Å². The minimum Gasteiger partial charge on any atom is -0.479 e. The van der Waals surface area contributed by atoms with Crippen molar-refractivity contribution in [3.63, 3.8) is 0 Å². The first-order chi connectivity index (χ1) is 11.7. The van der Waals surface area contributed by atoms with Gasteiger partial charge in [0, 0.05) is 23.8 Å². The maximum absolute atomic E-state index is 12.7. The SMILES string of the molecule is CCOC1CC(NC(=O)c2cc3cccc(C)c3o2)(C(=O)O)C1(C)C. The Labute approximate surface area is 146 Å². The summed E-state index contributed by atoms with van der Waals surface area (Å²) in [6.07, 6.45) is 0.0144. The number of aliphatic carboxylic acids is 1. The lowest BCUT2D eigenvalue weighted by molar-refractivity contribution is -0.190. The predicted molar refractivity (Wildman–Crippen MR) is 92.6 cm³/mol. The van der Waals surface area contributed by atoms with Crippen LogP contribution >= 0.6 is 0 Å². The number of amides is 1. The van der Waals surface area contributed by atoms with Gasteiger partial charge in [0.05, 0.1) is 6.10 Å². The van der Waals surface area contributed by atoms with E-state index < -0.39 is 22.8 Å².